The van der Waals surface area contributed by atoms with Gasteiger partial charge in [-0.3, -0.25) is 0 Å². The number of rotatable bonds is 11. The van der Waals surface area contributed by atoms with Gasteiger partial charge in [-0.05, 0) is 43.4 Å². The van der Waals surface area contributed by atoms with Crippen molar-refractivity contribution < 1.29 is 5.11 Å². The molecule has 0 radical (unpaired) electrons. The van der Waals surface area contributed by atoms with Crippen LogP contribution in [0.5, 0.6) is 5.75 Å². The zero-order valence-electron chi connectivity index (χ0n) is 13.0. The van der Waals surface area contributed by atoms with Gasteiger partial charge >= 0.3 is 0 Å². The van der Waals surface area contributed by atoms with Crippen molar-refractivity contribution in [1.29, 1.82) is 0 Å². The predicted molar refractivity (Wildman–Crippen MR) is 99.9 cm³/mol. The van der Waals surface area contributed by atoms with Gasteiger partial charge in [0.05, 0.1) is 0 Å². The van der Waals surface area contributed by atoms with E-state index in [9.17, 15) is 5.11 Å². The summed E-state index contributed by atoms with van der Waals surface area (Å²) in [5, 5.41) is 9.28. The van der Waals surface area contributed by atoms with Crippen LogP contribution in [0.2, 0.25) is 0 Å². The van der Waals surface area contributed by atoms with E-state index in [1.165, 1.54) is 56.9 Å². The fraction of sp³-hybridized carbons (Fsp3) is 0.667. The quantitative estimate of drug-likeness (QED) is 0.316. The van der Waals surface area contributed by atoms with Crippen LogP contribution < -0.4 is 0 Å². The van der Waals surface area contributed by atoms with Gasteiger partial charge in [0.25, 0.3) is 0 Å². The third-order valence-electron chi connectivity index (χ3n) is 3.80. The average Bonchev–Trinajstić information content (AvgIpc) is 2.46. The largest absolute Gasteiger partial charge is 0.508 e. The van der Waals surface area contributed by atoms with E-state index in [2.05, 4.69) is 38.8 Å². The standard InChI is InChI=1S/C18H28Br2O/c1-2-3-4-5-7-16(19)8-6-9-17(20)14-15-10-12-18(21)13-11-15/h10-13,16-17,21H,2-9,14H2,1H3. The first-order chi connectivity index (χ1) is 10.1. The highest BCUT2D eigenvalue weighted by molar-refractivity contribution is 9.09. The number of alkyl halides is 2. The number of phenols is 1. The monoisotopic (exact) mass is 418 g/mol. The fourth-order valence-electron chi connectivity index (χ4n) is 2.49. The second-order valence-corrected chi connectivity index (χ2v) is 8.44. The van der Waals surface area contributed by atoms with Crippen molar-refractivity contribution in [2.75, 3.05) is 0 Å². The lowest BCUT2D eigenvalue weighted by Crippen LogP contribution is -2.05. The molecule has 0 aromatic heterocycles. The molecule has 2 atom stereocenters. The second-order valence-electron chi connectivity index (χ2n) is 5.85. The molecule has 0 saturated carbocycles. The highest BCUT2D eigenvalue weighted by Gasteiger charge is 2.08. The van der Waals surface area contributed by atoms with E-state index in [0.29, 0.717) is 15.4 Å². The Bertz CT molecular complexity index is 364. The Morgan fingerprint density at radius 1 is 0.857 bits per heavy atom. The van der Waals surface area contributed by atoms with E-state index in [1.54, 1.807) is 12.1 Å². The maximum atomic E-state index is 9.28. The number of phenolic OH excluding ortho intramolecular Hbond substituents is 1. The summed E-state index contributed by atoms with van der Waals surface area (Å²) >= 11 is 7.59. The molecule has 3 heteroatoms. The Morgan fingerprint density at radius 2 is 1.48 bits per heavy atom. The van der Waals surface area contributed by atoms with Crippen LogP contribution in [0.4, 0.5) is 0 Å². The lowest BCUT2D eigenvalue weighted by atomic mass is 10.0. The highest BCUT2D eigenvalue weighted by atomic mass is 79.9. The van der Waals surface area contributed by atoms with E-state index in [-0.39, 0.29) is 0 Å². The Labute approximate surface area is 146 Å². The molecule has 1 aromatic carbocycles. The molecule has 0 fully saturated rings. The Kier molecular flexibility index (Phi) is 10.5. The number of halogens is 2. The zero-order chi connectivity index (χ0) is 15.5. The lowest BCUT2D eigenvalue weighted by molar-refractivity contribution is 0.475. The van der Waals surface area contributed by atoms with E-state index in [4.69, 9.17) is 0 Å². The molecule has 0 heterocycles. The molecule has 0 aliphatic carbocycles. The summed E-state index contributed by atoms with van der Waals surface area (Å²) in [6.45, 7) is 2.26. The molecular formula is C18H28Br2O. The molecular weight excluding hydrogens is 392 g/mol. The van der Waals surface area contributed by atoms with E-state index >= 15 is 0 Å². The molecule has 0 aliphatic rings. The first kappa shape index (κ1) is 19.0. The maximum Gasteiger partial charge on any atom is 0.115 e. The summed E-state index contributed by atoms with van der Waals surface area (Å²) < 4.78 is 0. The van der Waals surface area contributed by atoms with Crippen LogP contribution in [0.25, 0.3) is 0 Å². The molecule has 0 amide bonds. The van der Waals surface area contributed by atoms with Crippen LogP contribution in [0.1, 0.15) is 63.9 Å². The molecule has 1 nitrogen and oxygen atoms in total. The Morgan fingerprint density at radius 3 is 2.14 bits per heavy atom. The van der Waals surface area contributed by atoms with E-state index in [1.807, 2.05) is 12.1 Å². The number of unbranched alkanes of at least 4 members (excludes halogenated alkanes) is 3. The summed E-state index contributed by atoms with van der Waals surface area (Å²) in [5.41, 5.74) is 1.28. The minimum atomic E-state index is 0.343. The molecule has 1 N–H and O–H groups in total. The van der Waals surface area contributed by atoms with E-state index in [0.717, 1.165) is 6.42 Å². The molecule has 1 rings (SSSR count). The second kappa shape index (κ2) is 11.5. The SMILES string of the molecule is CCCCCCC(Br)CCCC(Br)Cc1ccc(O)cc1. The van der Waals surface area contributed by atoms with Crippen molar-refractivity contribution in [2.45, 2.75) is 74.4 Å². The number of benzene rings is 1. The summed E-state index contributed by atoms with van der Waals surface area (Å²) in [6.07, 6.45) is 11.5. The lowest BCUT2D eigenvalue weighted by Gasteiger charge is -2.12. The zero-order valence-corrected chi connectivity index (χ0v) is 16.2. The Hall–Kier alpha value is -0.0200. The average molecular weight is 420 g/mol. The molecule has 0 spiro atoms. The molecule has 0 saturated heterocycles. The van der Waals surface area contributed by atoms with Gasteiger partial charge in [-0.1, -0.05) is 83.0 Å². The smallest absolute Gasteiger partial charge is 0.115 e. The van der Waals surface area contributed by atoms with E-state index < -0.39 is 0 Å². The number of hydrogen-bond acceptors (Lipinski definition) is 1. The first-order valence-corrected chi connectivity index (χ1v) is 10.0. The molecule has 21 heavy (non-hydrogen) atoms. The summed E-state index contributed by atoms with van der Waals surface area (Å²) in [6, 6.07) is 7.54. The minimum absolute atomic E-state index is 0.343. The van der Waals surface area contributed by atoms with Crippen molar-refractivity contribution in [1.82, 2.24) is 0 Å². The van der Waals surface area contributed by atoms with Crippen molar-refractivity contribution in [3.63, 3.8) is 0 Å². The number of aromatic hydroxyl groups is 1. The molecule has 120 valence electrons. The van der Waals surface area contributed by atoms with Crippen LogP contribution in [-0.2, 0) is 6.42 Å². The normalized spacial score (nSPS) is 14.0. The van der Waals surface area contributed by atoms with Gasteiger partial charge < -0.3 is 5.11 Å². The molecule has 0 aliphatic heterocycles. The van der Waals surface area contributed by atoms with Gasteiger partial charge in [-0.25, -0.2) is 0 Å². The fourth-order valence-corrected chi connectivity index (χ4v) is 3.83. The van der Waals surface area contributed by atoms with Crippen LogP contribution in [-0.4, -0.2) is 14.8 Å². The first-order valence-electron chi connectivity index (χ1n) is 8.18. The molecule has 2 unspecified atom stereocenters. The van der Waals surface area contributed by atoms with Crippen LogP contribution >= 0.6 is 31.9 Å². The third kappa shape index (κ3) is 9.57. The van der Waals surface area contributed by atoms with Gasteiger partial charge in [0, 0.05) is 9.65 Å². The maximum absolute atomic E-state index is 9.28. The summed E-state index contributed by atoms with van der Waals surface area (Å²) in [4.78, 5) is 1.21. The van der Waals surface area contributed by atoms with Gasteiger partial charge in [0.15, 0.2) is 0 Å². The van der Waals surface area contributed by atoms with Crippen LogP contribution in [0, 0.1) is 0 Å². The van der Waals surface area contributed by atoms with Gasteiger partial charge in [-0.2, -0.15) is 0 Å². The van der Waals surface area contributed by atoms with Crippen molar-refractivity contribution in [3.8, 4) is 5.75 Å². The predicted octanol–water partition coefficient (Wildman–Crippen LogP) is 6.60. The van der Waals surface area contributed by atoms with Gasteiger partial charge in [0.1, 0.15) is 5.75 Å². The van der Waals surface area contributed by atoms with Crippen LogP contribution in [0.3, 0.4) is 0 Å². The third-order valence-corrected chi connectivity index (χ3v) is 5.50. The van der Waals surface area contributed by atoms with Gasteiger partial charge in [-0.15, -0.1) is 0 Å². The highest BCUT2D eigenvalue weighted by Crippen LogP contribution is 2.22. The van der Waals surface area contributed by atoms with Gasteiger partial charge in [0.2, 0.25) is 0 Å². The molecule has 0 bridgehead atoms. The Balaban J connectivity index is 2.09. The number of hydrogen-bond donors (Lipinski definition) is 1. The topological polar surface area (TPSA) is 20.2 Å². The van der Waals surface area contributed by atoms with Crippen molar-refractivity contribution in [3.05, 3.63) is 29.8 Å². The van der Waals surface area contributed by atoms with Crippen LogP contribution in [0.15, 0.2) is 24.3 Å². The molecule has 1 aromatic rings. The van der Waals surface area contributed by atoms with Crippen molar-refractivity contribution >= 4 is 31.9 Å². The summed E-state index contributed by atoms with van der Waals surface area (Å²) in [5.74, 6) is 0.343. The van der Waals surface area contributed by atoms with Crippen molar-refractivity contribution in [2.24, 2.45) is 0 Å². The summed E-state index contributed by atoms with van der Waals surface area (Å²) in [7, 11) is 0. The minimum Gasteiger partial charge on any atom is -0.508 e.